The first-order valence-corrected chi connectivity index (χ1v) is 7.22. The number of benzene rings is 1. The number of rotatable bonds is 7. The highest BCUT2D eigenvalue weighted by Gasteiger charge is 2.20. The Bertz CT molecular complexity index is 560. The van der Waals surface area contributed by atoms with Gasteiger partial charge in [-0.3, -0.25) is 4.98 Å². The number of methoxy groups -OCH3 is 1. The quantitative estimate of drug-likeness (QED) is 0.846. The maximum absolute atomic E-state index is 14.3. The van der Waals surface area contributed by atoms with Crippen LogP contribution >= 0.6 is 0 Å². The molecule has 0 fully saturated rings. The molecule has 1 aromatic carbocycles. The maximum atomic E-state index is 14.3. The van der Waals surface area contributed by atoms with Gasteiger partial charge in [-0.25, -0.2) is 4.39 Å². The third-order valence-electron chi connectivity index (χ3n) is 3.36. The van der Waals surface area contributed by atoms with Crippen molar-refractivity contribution in [3.63, 3.8) is 0 Å². The molecule has 112 valence electrons. The fraction of sp³-hybridized carbons (Fsp3) is 0.353. The average molecular weight is 288 g/mol. The van der Waals surface area contributed by atoms with Gasteiger partial charge in [0.25, 0.3) is 0 Å². The van der Waals surface area contributed by atoms with Gasteiger partial charge in [-0.15, -0.1) is 0 Å². The minimum Gasteiger partial charge on any atom is -0.496 e. The number of hydrogen-bond acceptors (Lipinski definition) is 3. The summed E-state index contributed by atoms with van der Waals surface area (Å²) in [5.74, 6) is 0.318. The first kappa shape index (κ1) is 15.4. The number of ether oxygens (including phenoxy) is 1. The lowest BCUT2D eigenvalue weighted by Gasteiger charge is -2.21. The zero-order chi connectivity index (χ0) is 15.1. The van der Waals surface area contributed by atoms with E-state index in [1.165, 1.54) is 6.07 Å². The van der Waals surface area contributed by atoms with E-state index in [1.54, 1.807) is 25.4 Å². The van der Waals surface area contributed by atoms with Gasteiger partial charge in [0.05, 0.1) is 7.11 Å². The van der Waals surface area contributed by atoms with Crippen molar-refractivity contribution in [2.24, 2.45) is 0 Å². The Morgan fingerprint density at radius 1 is 1.24 bits per heavy atom. The lowest BCUT2D eigenvalue weighted by Crippen LogP contribution is -2.26. The molecule has 0 amide bonds. The number of halogens is 1. The van der Waals surface area contributed by atoms with Gasteiger partial charge in [0.2, 0.25) is 0 Å². The fourth-order valence-corrected chi connectivity index (χ4v) is 2.36. The number of nitrogens with zero attached hydrogens (tertiary/aromatic N) is 1. The normalized spacial score (nSPS) is 12.1. The molecule has 21 heavy (non-hydrogen) atoms. The molecule has 0 spiro atoms. The lowest BCUT2D eigenvalue weighted by molar-refractivity contribution is 0.388. The molecule has 2 rings (SSSR count). The summed E-state index contributed by atoms with van der Waals surface area (Å²) in [7, 11) is 1.57. The molecule has 0 radical (unpaired) electrons. The predicted octanol–water partition coefficient (Wildman–Crippen LogP) is 3.51. The minimum atomic E-state index is -0.251. The van der Waals surface area contributed by atoms with E-state index in [0.29, 0.717) is 17.7 Å². The van der Waals surface area contributed by atoms with Crippen LogP contribution in [0.5, 0.6) is 5.75 Å². The summed E-state index contributed by atoms with van der Waals surface area (Å²) in [4.78, 5) is 4.33. The Hall–Kier alpha value is -1.94. The van der Waals surface area contributed by atoms with Crippen LogP contribution in [0.25, 0.3) is 0 Å². The van der Waals surface area contributed by atoms with Crippen LogP contribution in [0, 0.1) is 5.82 Å². The largest absolute Gasteiger partial charge is 0.496 e. The second-order valence-electron chi connectivity index (χ2n) is 4.89. The highest BCUT2D eigenvalue weighted by molar-refractivity contribution is 5.38. The van der Waals surface area contributed by atoms with Crippen LogP contribution in [0.1, 0.15) is 30.6 Å². The second-order valence-corrected chi connectivity index (χ2v) is 4.89. The Morgan fingerprint density at radius 3 is 2.76 bits per heavy atom. The van der Waals surface area contributed by atoms with Crippen LogP contribution in [0.3, 0.4) is 0 Å². The molecule has 3 nitrogen and oxygen atoms in total. The molecule has 0 aliphatic heterocycles. The van der Waals surface area contributed by atoms with Crippen LogP contribution in [0.2, 0.25) is 0 Å². The van der Waals surface area contributed by atoms with Crippen LogP contribution < -0.4 is 10.1 Å². The first-order valence-electron chi connectivity index (χ1n) is 7.22. The highest BCUT2D eigenvalue weighted by Crippen LogP contribution is 2.29. The van der Waals surface area contributed by atoms with Crippen molar-refractivity contribution in [3.8, 4) is 5.75 Å². The minimum absolute atomic E-state index is 0.156. The van der Waals surface area contributed by atoms with Gasteiger partial charge in [-0.05, 0) is 37.2 Å². The standard InChI is InChI=1S/C17H21FN2O/c1-3-10-20-15(12-13-7-4-5-11-19-13)17-14(18)8-6-9-16(17)21-2/h4-9,11,15,20H,3,10,12H2,1-2H3. The first-order chi connectivity index (χ1) is 10.3. The van der Waals surface area contributed by atoms with E-state index in [2.05, 4.69) is 17.2 Å². The Balaban J connectivity index is 2.31. The van der Waals surface area contributed by atoms with E-state index < -0.39 is 0 Å². The van der Waals surface area contributed by atoms with Crippen molar-refractivity contribution in [1.82, 2.24) is 10.3 Å². The van der Waals surface area contributed by atoms with Crippen molar-refractivity contribution >= 4 is 0 Å². The third-order valence-corrected chi connectivity index (χ3v) is 3.36. The molecule has 4 heteroatoms. The van der Waals surface area contributed by atoms with Gasteiger partial charge in [-0.1, -0.05) is 19.1 Å². The Kier molecular flexibility index (Phi) is 5.69. The molecular weight excluding hydrogens is 267 g/mol. The number of aromatic nitrogens is 1. The molecule has 1 heterocycles. The third kappa shape index (κ3) is 4.02. The summed E-state index contributed by atoms with van der Waals surface area (Å²) in [6, 6.07) is 10.5. The lowest BCUT2D eigenvalue weighted by atomic mass is 9.99. The Labute approximate surface area is 125 Å². The monoisotopic (exact) mass is 288 g/mol. The molecule has 0 saturated carbocycles. The molecule has 0 bridgehead atoms. The van der Waals surface area contributed by atoms with Crippen LogP contribution in [-0.4, -0.2) is 18.6 Å². The molecule has 0 aliphatic rings. The van der Waals surface area contributed by atoms with Gasteiger partial charge in [-0.2, -0.15) is 0 Å². The van der Waals surface area contributed by atoms with Gasteiger partial charge in [0.15, 0.2) is 0 Å². The summed E-state index contributed by atoms with van der Waals surface area (Å²) in [5, 5.41) is 3.39. The highest BCUT2D eigenvalue weighted by atomic mass is 19.1. The molecule has 1 atom stereocenters. The second kappa shape index (κ2) is 7.74. The molecule has 1 N–H and O–H groups in total. The van der Waals surface area contributed by atoms with E-state index in [0.717, 1.165) is 18.7 Å². The molecule has 0 aliphatic carbocycles. The zero-order valence-electron chi connectivity index (χ0n) is 12.5. The number of hydrogen-bond donors (Lipinski definition) is 1. The van der Waals surface area contributed by atoms with Gasteiger partial charge in [0, 0.05) is 29.9 Å². The topological polar surface area (TPSA) is 34.2 Å². The zero-order valence-corrected chi connectivity index (χ0v) is 12.5. The van der Waals surface area contributed by atoms with Gasteiger partial charge >= 0.3 is 0 Å². The summed E-state index contributed by atoms with van der Waals surface area (Å²) in [6.07, 6.45) is 3.36. The average Bonchev–Trinajstić information content (AvgIpc) is 2.52. The predicted molar refractivity (Wildman–Crippen MR) is 81.9 cm³/mol. The maximum Gasteiger partial charge on any atom is 0.131 e. The van der Waals surface area contributed by atoms with E-state index in [-0.39, 0.29) is 11.9 Å². The number of nitrogens with one attached hydrogen (secondary N) is 1. The molecular formula is C17H21FN2O. The molecule has 1 unspecified atom stereocenters. The van der Waals surface area contributed by atoms with E-state index in [9.17, 15) is 4.39 Å². The molecule has 0 saturated heterocycles. The summed E-state index contributed by atoms with van der Waals surface area (Å²) < 4.78 is 19.6. The van der Waals surface area contributed by atoms with Crippen molar-refractivity contribution in [2.75, 3.05) is 13.7 Å². The van der Waals surface area contributed by atoms with Crippen molar-refractivity contribution in [3.05, 3.63) is 59.7 Å². The molecule has 2 aromatic rings. The Morgan fingerprint density at radius 2 is 2.10 bits per heavy atom. The van der Waals surface area contributed by atoms with Crippen molar-refractivity contribution in [2.45, 2.75) is 25.8 Å². The number of pyridine rings is 1. The van der Waals surface area contributed by atoms with Crippen molar-refractivity contribution < 1.29 is 9.13 Å². The van der Waals surface area contributed by atoms with Gasteiger partial charge in [0.1, 0.15) is 11.6 Å². The summed E-state index contributed by atoms with van der Waals surface area (Å²) in [5.41, 5.74) is 1.50. The summed E-state index contributed by atoms with van der Waals surface area (Å²) >= 11 is 0. The summed E-state index contributed by atoms with van der Waals surface area (Å²) in [6.45, 7) is 2.90. The SMILES string of the molecule is CCCNC(Cc1ccccn1)c1c(F)cccc1OC. The smallest absolute Gasteiger partial charge is 0.131 e. The van der Waals surface area contributed by atoms with E-state index in [1.807, 2.05) is 18.2 Å². The van der Waals surface area contributed by atoms with Crippen molar-refractivity contribution in [1.29, 1.82) is 0 Å². The van der Waals surface area contributed by atoms with Crippen LogP contribution in [0.15, 0.2) is 42.6 Å². The van der Waals surface area contributed by atoms with Gasteiger partial charge < -0.3 is 10.1 Å². The van der Waals surface area contributed by atoms with Crippen LogP contribution in [-0.2, 0) is 6.42 Å². The van der Waals surface area contributed by atoms with E-state index in [4.69, 9.17) is 4.74 Å². The fourth-order valence-electron chi connectivity index (χ4n) is 2.36. The molecule has 1 aromatic heterocycles. The van der Waals surface area contributed by atoms with E-state index >= 15 is 0 Å². The van der Waals surface area contributed by atoms with Crippen LogP contribution in [0.4, 0.5) is 4.39 Å².